The third-order valence-electron chi connectivity index (χ3n) is 4.30. The first-order chi connectivity index (χ1) is 11.9. The number of carbonyl (C=O) groups is 1. The van der Waals surface area contributed by atoms with Crippen molar-refractivity contribution in [3.63, 3.8) is 0 Å². The van der Waals surface area contributed by atoms with Gasteiger partial charge in [-0.25, -0.2) is 0 Å². The van der Waals surface area contributed by atoms with Crippen molar-refractivity contribution >= 4 is 5.91 Å². The summed E-state index contributed by atoms with van der Waals surface area (Å²) in [5, 5.41) is 7.60. The van der Waals surface area contributed by atoms with E-state index in [1.54, 1.807) is 7.11 Å². The minimum atomic E-state index is 0.0162. The number of aromatic nitrogens is 2. The van der Waals surface area contributed by atoms with E-state index in [0.717, 1.165) is 34.6 Å². The van der Waals surface area contributed by atoms with Crippen LogP contribution >= 0.6 is 0 Å². The van der Waals surface area contributed by atoms with E-state index in [1.807, 2.05) is 42.8 Å². The second-order valence-corrected chi connectivity index (χ2v) is 6.88. The van der Waals surface area contributed by atoms with E-state index in [2.05, 4.69) is 24.3 Å². The highest BCUT2D eigenvalue weighted by Crippen LogP contribution is 2.16. The Hall–Kier alpha value is -2.14. The fourth-order valence-corrected chi connectivity index (χ4v) is 2.96. The third-order valence-corrected chi connectivity index (χ3v) is 4.30. The molecular weight excluding hydrogens is 314 g/mol. The number of rotatable bonds is 8. The standard InChI is InChI=1S/C20H29N3O2/c1-14(2)12-23-16(4)19(15(3)22-23)10-20(24)21-11-17-8-6-7-9-18(17)13-25-5/h6-9,14H,10-13H2,1-5H3,(H,21,24). The van der Waals surface area contributed by atoms with Gasteiger partial charge in [0, 0.05) is 31.5 Å². The van der Waals surface area contributed by atoms with Crippen LogP contribution in [0.15, 0.2) is 24.3 Å². The van der Waals surface area contributed by atoms with Crippen molar-refractivity contribution in [2.24, 2.45) is 5.92 Å². The number of amides is 1. The van der Waals surface area contributed by atoms with Gasteiger partial charge in [-0.15, -0.1) is 0 Å². The summed E-state index contributed by atoms with van der Waals surface area (Å²) in [5.41, 5.74) is 5.24. The Labute approximate surface area is 150 Å². The number of nitrogens with zero attached hydrogens (tertiary/aromatic N) is 2. The number of methoxy groups -OCH3 is 1. The van der Waals surface area contributed by atoms with E-state index in [-0.39, 0.29) is 5.91 Å². The Morgan fingerprint density at radius 3 is 2.56 bits per heavy atom. The second-order valence-electron chi connectivity index (χ2n) is 6.88. The van der Waals surface area contributed by atoms with Crippen LogP contribution in [0.3, 0.4) is 0 Å². The van der Waals surface area contributed by atoms with Gasteiger partial charge in [-0.1, -0.05) is 38.1 Å². The van der Waals surface area contributed by atoms with Gasteiger partial charge in [0.25, 0.3) is 0 Å². The minimum absolute atomic E-state index is 0.0162. The Bertz CT molecular complexity index is 720. The smallest absolute Gasteiger partial charge is 0.224 e. The molecule has 0 aliphatic rings. The molecule has 5 nitrogen and oxygen atoms in total. The summed E-state index contributed by atoms with van der Waals surface area (Å²) in [5.74, 6) is 0.541. The lowest BCUT2D eigenvalue weighted by atomic mass is 10.1. The van der Waals surface area contributed by atoms with E-state index in [0.29, 0.717) is 25.5 Å². The maximum Gasteiger partial charge on any atom is 0.224 e. The van der Waals surface area contributed by atoms with Crippen LogP contribution in [-0.4, -0.2) is 22.8 Å². The second kappa shape index (κ2) is 8.81. The van der Waals surface area contributed by atoms with Crippen molar-refractivity contribution in [3.8, 4) is 0 Å². The summed E-state index contributed by atoms with van der Waals surface area (Å²) in [4.78, 5) is 12.4. The maximum atomic E-state index is 12.4. The Morgan fingerprint density at radius 1 is 1.24 bits per heavy atom. The minimum Gasteiger partial charge on any atom is -0.380 e. The SMILES string of the molecule is COCc1ccccc1CNC(=O)Cc1c(C)nn(CC(C)C)c1C. The molecule has 0 aliphatic heterocycles. The molecule has 0 unspecified atom stereocenters. The van der Waals surface area contributed by atoms with Gasteiger partial charge in [0.2, 0.25) is 5.91 Å². The fraction of sp³-hybridized carbons (Fsp3) is 0.500. The summed E-state index contributed by atoms with van der Waals surface area (Å²) >= 11 is 0. The molecule has 1 heterocycles. The first kappa shape index (κ1) is 19.2. The highest BCUT2D eigenvalue weighted by atomic mass is 16.5. The van der Waals surface area contributed by atoms with Crippen LogP contribution < -0.4 is 5.32 Å². The molecule has 1 aromatic carbocycles. The van der Waals surface area contributed by atoms with Gasteiger partial charge >= 0.3 is 0 Å². The van der Waals surface area contributed by atoms with Crippen molar-refractivity contribution in [2.45, 2.75) is 53.8 Å². The largest absolute Gasteiger partial charge is 0.380 e. The molecule has 136 valence electrons. The van der Waals surface area contributed by atoms with Gasteiger partial charge in [-0.05, 0) is 30.9 Å². The Morgan fingerprint density at radius 2 is 1.92 bits per heavy atom. The number of ether oxygens (including phenoxy) is 1. The van der Waals surface area contributed by atoms with Crippen molar-refractivity contribution < 1.29 is 9.53 Å². The molecule has 25 heavy (non-hydrogen) atoms. The molecular formula is C20H29N3O2. The number of benzene rings is 1. The fourth-order valence-electron chi connectivity index (χ4n) is 2.96. The molecule has 0 atom stereocenters. The highest BCUT2D eigenvalue weighted by molar-refractivity contribution is 5.79. The lowest BCUT2D eigenvalue weighted by molar-refractivity contribution is -0.120. The van der Waals surface area contributed by atoms with Crippen LogP contribution in [0.4, 0.5) is 0 Å². The van der Waals surface area contributed by atoms with Crippen molar-refractivity contribution in [1.29, 1.82) is 0 Å². The molecule has 1 N–H and O–H groups in total. The zero-order valence-corrected chi connectivity index (χ0v) is 15.9. The van der Waals surface area contributed by atoms with E-state index >= 15 is 0 Å². The van der Waals surface area contributed by atoms with E-state index in [1.165, 1.54) is 0 Å². The number of aryl methyl sites for hydroxylation is 1. The lowest BCUT2D eigenvalue weighted by Crippen LogP contribution is -2.25. The molecule has 0 fully saturated rings. The summed E-state index contributed by atoms with van der Waals surface area (Å²) in [6, 6.07) is 8.00. The predicted molar refractivity (Wildman–Crippen MR) is 99.2 cm³/mol. The number of nitrogens with one attached hydrogen (secondary N) is 1. The van der Waals surface area contributed by atoms with E-state index in [4.69, 9.17) is 4.74 Å². The number of carbonyl (C=O) groups excluding carboxylic acids is 1. The van der Waals surface area contributed by atoms with E-state index in [9.17, 15) is 4.79 Å². The van der Waals surface area contributed by atoms with Crippen LogP contribution in [-0.2, 0) is 35.6 Å². The Balaban J connectivity index is 2.00. The maximum absolute atomic E-state index is 12.4. The molecule has 0 spiro atoms. The van der Waals surface area contributed by atoms with Gasteiger partial charge in [0.15, 0.2) is 0 Å². The normalized spacial score (nSPS) is 11.1. The van der Waals surface area contributed by atoms with E-state index < -0.39 is 0 Å². The third kappa shape index (κ3) is 5.16. The number of hydrogen-bond donors (Lipinski definition) is 1. The average molecular weight is 343 g/mol. The molecule has 0 saturated heterocycles. The molecule has 1 amide bonds. The van der Waals surface area contributed by atoms with Crippen molar-refractivity contribution in [2.75, 3.05) is 7.11 Å². The first-order valence-corrected chi connectivity index (χ1v) is 8.77. The molecule has 2 rings (SSSR count). The van der Waals surface area contributed by atoms with Crippen LogP contribution in [0.2, 0.25) is 0 Å². The van der Waals surface area contributed by atoms with Crippen molar-refractivity contribution in [3.05, 3.63) is 52.3 Å². The molecule has 0 aliphatic carbocycles. The van der Waals surface area contributed by atoms with Crippen molar-refractivity contribution in [1.82, 2.24) is 15.1 Å². The summed E-state index contributed by atoms with van der Waals surface area (Å²) in [6.07, 6.45) is 0.363. The Kier molecular flexibility index (Phi) is 6.76. The van der Waals surface area contributed by atoms with Crippen LogP contribution in [0.1, 0.15) is 41.9 Å². The van der Waals surface area contributed by atoms with Crippen LogP contribution in [0, 0.1) is 19.8 Å². The summed E-state index contributed by atoms with van der Waals surface area (Å²) in [6.45, 7) is 10.3. The van der Waals surface area contributed by atoms with Crippen LogP contribution in [0.25, 0.3) is 0 Å². The monoisotopic (exact) mass is 343 g/mol. The van der Waals surface area contributed by atoms with Gasteiger partial charge < -0.3 is 10.1 Å². The zero-order chi connectivity index (χ0) is 18.4. The molecule has 5 heteroatoms. The zero-order valence-electron chi connectivity index (χ0n) is 15.9. The molecule has 0 radical (unpaired) electrons. The topological polar surface area (TPSA) is 56.1 Å². The molecule has 2 aromatic rings. The quantitative estimate of drug-likeness (QED) is 0.801. The first-order valence-electron chi connectivity index (χ1n) is 8.77. The summed E-state index contributed by atoms with van der Waals surface area (Å²) in [7, 11) is 1.68. The van der Waals surface area contributed by atoms with Crippen LogP contribution in [0.5, 0.6) is 0 Å². The average Bonchev–Trinajstić information content (AvgIpc) is 2.81. The van der Waals surface area contributed by atoms with Gasteiger partial charge in [-0.3, -0.25) is 9.48 Å². The predicted octanol–water partition coefficient (Wildman–Crippen LogP) is 3.16. The van der Waals surface area contributed by atoms with Gasteiger partial charge in [-0.2, -0.15) is 5.10 Å². The lowest BCUT2D eigenvalue weighted by Gasteiger charge is -2.11. The number of hydrogen-bond acceptors (Lipinski definition) is 3. The summed E-state index contributed by atoms with van der Waals surface area (Å²) < 4.78 is 7.22. The molecule has 0 bridgehead atoms. The molecule has 0 saturated carbocycles. The highest BCUT2D eigenvalue weighted by Gasteiger charge is 2.15. The molecule has 1 aromatic heterocycles. The van der Waals surface area contributed by atoms with Gasteiger partial charge in [0.1, 0.15) is 0 Å². The van der Waals surface area contributed by atoms with Gasteiger partial charge in [0.05, 0.1) is 18.7 Å².